The number of aromatic carboxylic acids is 1. The fraction of sp³-hybridized carbons (Fsp3) is 0.200. The van der Waals surface area contributed by atoms with Gasteiger partial charge in [-0.1, -0.05) is 6.07 Å². The van der Waals surface area contributed by atoms with Crippen molar-refractivity contribution in [1.29, 1.82) is 0 Å². The molecule has 2 amide bonds. The molecule has 1 aromatic carbocycles. The Morgan fingerprint density at radius 2 is 1.95 bits per heavy atom. The number of anilines is 1. The number of hydrogen-bond donors (Lipinski definition) is 3. The molecule has 1 unspecified atom stereocenters. The van der Waals surface area contributed by atoms with Gasteiger partial charge in [0.25, 0.3) is 0 Å². The molecule has 0 saturated heterocycles. The zero-order valence-corrected chi connectivity index (χ0v) is 12.3. The Bertz CT molecular complexity index is 608. The molecule has 0 bridgehead atoms. The maximum absolute atomic E-state index is 11.8. The second-order valence-electron chi connectivity index (χ2n) is 4.67. The standard InChI is InChI=1S/C15H16N2O3S/c1-10(9-13-3-2-8-21-13)16-15(20)17-12-6-4-11(5-7-12)14(18)19/h2-8,10H,9H2,1H3,(H,18,19)(H2,16,17,20). The van der Waals surface area contributed by atoms with Crippen molar-refractivity contribution in [2.45, 2.75) is 19.4 Å². The van der Waals surface area contributed by atoms with Gasteiger partial charge in [0.2, 0.25) is 0 Å². The number of hydrogen-bond acceptors (Lipinski definition) is 3. The summed E-state index contributed by atoms with van der Waals surface area (Å²) in [5, 5.41) is 16.3. The van der Waals surface area contributed by atoms with Crippen LogP contribution in [0, 0.1) is 0 Å². The second kappa shape index (κ2) is 6.90. The topological polar surface area (TPSA) is 78.4 Å². The summed E-state index contributed by atoms with van der Waals surface area (Å²) in [6.45, 7) is 1.94. The highest BCUT2D eigenvalue weighted by Gasteiger charge is 2.09. The van der Waals surface area contributed by atoms with Gasteiger partial charge in [-0.15, -0.1) is 11.3 Å². The summed E-state index contributed by atoms with van der Waals surface area (Å²) < 4.78 is 0. The van der Waals surface area contributed by atoms with Crippen molar-refractivity contribution in [3.8, 4) is 0 Å². The molecule has 0 spiro atoms. The first kappa shape index (κ1) is 15.1. The molecule has 110 valence electrons. The van der Waals surface area contributed by atoms with E-state index in [0.29, 0.717) is 5.69 Å². The Morgan fingerprint density at radius 3 is 2.52 bits per heavy atom. The third-order valence-electron chi connectivity index (χ3n) is 2.85. The highest BCUT2D eigenvalue weighted by Crippen LogP contribution is 2.12. The van der Waals surface area contributed by atoms with E-state index in [0.717, 1.165) is 6.42 Å². The largest absolute Gasteiger partial charge is 0.478 e. The lowest BCUT2D eigenvalue weighted by molar-refractivity contribution is 0.0697. The van der Waals surface area contributed by atoms with Crippen molar-refractivity contribution in [3.05, 3.63) is 52.2 Å². The molecule has 1 atom stereocenters. The van der Waals surface area contributed by atoms with Gasteiger partial charge in [0.15, 0.2) is 0 Å². The predicted molar refractivity (Wildman–Crippen MR) is 83.0 cm³/mol. The number of urea groups is 1. The van der Waals surface area contributed by atoms with Crippen LogP contribution in [0.25, 0.3) is 0 Å². The molecular formula is C15H16N2O3S. The average molecular weight is 304 g/mol. The molecule has 0 aliphatic carbocycles. The van der Waals surface area contributed by atoms with Gasteiger partial charge in [0, 0.05) is 23.0 Å². The molecule has 0 radical (unpaired) electrons. The number of amides is 2. The molecule has 5 nitrogen and oxygen atoms in total. The van der Waals surface area contributed by atoms with E-state index in [-0.39, 0.29) is 17.6 Å². The molecule has 3 N–H and O–H groups in total. The maximum Gasteiger partial charge on any atom is 0.335 e. The van der Waals surface area contributed by atoms with E-state index < -0.39 is 5.97 Å². The van der Waals surface area contributed by atoms with Crippen molar-refractivity contribution < 1.29 is 14.7 Å². The molecule has 2 rings (SSSR count). The quantitative estimate of drug-likeness (QED) is 0.793. The summed E-state index contributed by atoms with van der Waals surface area (Å²) in [4.78, 5) is 23.8. The van der Waals surface area contributed by atoms with Crippen LogP contribution in [0.1, 0.15) is 22.2 Å². The monoisotopic (exact) mass is 304 g/mol. The van der Waals surface area contributed by atoms with Crippen LogP contribution in [-0.4, -0.2) is 23.1 Å². The highest BCUT2D eigenvalue weighted by molar-refractivity contribution is 7.09. The third-order valence-corrected chi connectivity index (χ3v) is 3.75. The number of nitrogens with one attached hydrogen (secondary N) is 2. The van der Waals surface area contributed by atoms with Crippen LogP contribution in [0.3, 0.4) is 0 Å². The lowest BCUT2D eigenvalue weighted by Gasteiger charge is -2.14. The number of thiophene rings is 1. The number of carboxylic acid groups (broad SMARTS) is 1. The number of benzene rings is 1. The predicted octanol–water partition coefficient (Wildman–Crippen LogP) is 3.20. The van der Waals surface area contributed by atoms with Crippen LogP contribution >= 0.6 is 11.3 Å². The normalized spacial score (nSPS) is 11.7. The van der Waals surface area contributed by atoms with Crippen molar-refractivity contribution in [3.63, 3.8) is 0 Å². The Morgan fingerprint density at radius 1 is 1.24 bits per heavy atom. The molecule has 0 saturated carbocycles. The van der Waals surface area contributed by atoms with E-state index in [1.165, 1.54) is 17.0 Å². The van der Waals surface area contributed by atoms with Crippen LogP contribution in [-0.2, 0) is 6.42 Å². The summed E-state index contributed by atoms with van der Waals surface area (Å²) in [6, 6.07) is 9.76. The summed E-state index contributed by atoms with van der Waals surface area (Å²) >= 11 is 1.66. The van der Waals surface area contributed by atoms with E-state index in [2.05, 4.69) is 10.6 Å². The molecule has 0 aliphatic rings. The minimum absolute atomic E-state index is 0.0157. The Kier molecular flexibility index (Phi) is 4.94. The minimum Gasteiger partial charge on any atom is -0.478 e. The zero-order chi connectivity index (χ0) is 15.2. The van der Waals surface area contributed by atoms with Crippen LogP contribution in [0.2, 0.25) is 0 Å². The van der Waals surface area contributed by atoms with Gasteiger partial charge in [-0.3, -0.25) is 0 Å². The highest BCUT2D eigenvalue weighted by atomic mass is 32.1. The Labute approximate surface area is 126 Å². The molecule has 21 heavy (non-hydrogen) atoms. The van der Waals surface area contributed by atoms with Crippen LogP contribution in [0.15, 0.2) is 41.8 Å². The summed E-state index contributed by atoms with van der Waals surface area (Å²) in [5.74, 6) is -0.990. The van der Waals surface area contributed by atoms with Crippen LogP contribution in [0.5, 0.6) is 0 Å². The summed E-state index contributed by atoms with van der Waals surface area (Å²) in [5.41, 5.74) is 0.743. The summed E-state index contributed by atoms with van der Waals surface area (Å²) in [7, 11) is 0. The van der Waals surface area contributed by atoms with Gasteiger partial charge >= 0.3 is 12.0 Å². The van der Waals surface area contributed by atoms with E-state index in [9.17, 15) is 9.59 Å². The maximum atomic E-state index is 11.8. The molecule has 0 aliphatic heterocycles. The van der Waals surface area contributed by atoms with Gasteiger partial charge < -0.3 is 15.7 Å². The lowest BCUT2D eigenvalue weighted by Crippen LogP contribution is -2.37. The van der Waals surface area contributed by atoms with E-state index >= 15 is 0 Å². The number of carbonyl (C=O) groups excluding carboxylic acids is 1. The number of carbonyl (C=O) groups is 2. The first-order valence-corrected chi connectivity index (χ1v) is 7.36. The molecule has 1 aromatic heterocycles. The molecule has 0 fully saturated rings. The fourth-order valence-electron chi connectivity index (χ4n) is 1.87. The average Bonchev–Trinajstić information content (AvgIpc) is 2.91. The smallest absolute Gasteiger partial charge is 0.335 e. The molecular weight excluding hydrogens is 288 g/mol. The van der Waals surface area contributed by atoms with Crippen LogP contribution < -0.4 is 10.6 Å². The first-order valence-electron chi connectivity index (χ1n) is 6.48. The van der Waals surface area contributed by atoms with Crippen molar-refractivity contribution in [1.82, 2.24) is 5.32 Å². The molecule has 6 heteroatoms. The Hall–Kier alpha value is -2.34. The number of rotatable bonds is 5. The van der Waals surface area contributed by atoms with Gasteiger partial charge in [0.05, 0.1) is 5.56 Å². The van der Waals surface area contributed by atoms with E-state index in [1.54, 1.807) is 23.5 Å². The van der Waals surface area contributed by atoms with E-state index in [1.807, 2.05) is 24.4 Å². The Balaban J connectivity index is 1.84. The SMILES string of the molecule is CC(Cc1cccs1)NC(=O)Nc1ccc(C(=O)O)cc1. The fourth-order valence-corrected chi connectivity index (χ4v) is 2.70. The lowest BCUT2D eigenvalue weighted by atomic mass is 10.2. The summed E-state index contributed by atoms with van der Waals surface area (Å²) in [6.07, 6.45) is 0.781. The third kappa shape index (κ3) is 4.61. The van der Waals surface area contributed by atoms with Gasteiger partial charge in [-0.2, -0.15) is 0 Å². The van der Waals surface area contributed by atoms with Crippen LogP contribution in [0.4, 0.5) is 10.5 Å². The zero-order valence-electron chi connectivity index (χ0n) is 11.5. The van der Waals surface area contributed by atoms with Gasteiger partial charge in [-0.25, -0.2) is 9.59 Å². The van der Waals surface area contributed by atoms with Crippen molar-refractivity contribution in [2.75, 3.05) is 5.32 Å². The van der Waals surface area contributed by atoms with Gasteiger partial charge in [0.1, 0.15) is 0 Å². The first-order chi connectivity index (χ1) is 10.0. The molecule has 2 aromatic rings. The molecule has 1 heterocycles. The van der Waals surface area contributed by atoms with Crippen molar-refractivity contribution >= 4 is 29.0 Å². The second-order valence-corrected chi connectivity index (χ2v) is 5.70. The van der Waals surface area contributed by atoms with E-state index in [4.69, 9.17) is 5.11 Å². The van der Waals surface area contributed by atoms with Gasteiger partial charge in [-0.05, 0) is 42.6 Å². The van der Waals surface area contributed by atoms with Crippen molar-refractivity contribution in [2.24, 2.45) is 0 Å². The number of carboxylic acids is 1. The minimum atomic E-state index is -0.990.